The third kappa shape index (κ3) is 6.27. The zero-order chi connectivity index (χ0) is 19.9. The van der Waals surface area contributed by atoms with Crippen LogP contribution in [0.5, 0.6) is 0 Å². The molecule has 0 saturated heterocycles. The number of hydrogen-bond donors (Lipinski definition) is 7. The van der Waals surface area contributed by atoms with E-state index < -0.39 is 48.7 Å². The molecule has 0 aliphatic carbocycles. The lowest BCUT2D eigenvalue weighted by atomic mass is 10.1. The van der Waals surface area contributed by atoms with Crippen LogP contribution < -0.4 is 22.1 Å². The minimum Gasteiger partial charge on any atom is -0.480 e. The van der Waals surface area contributed by atoms with Crippen LogP contribution in [0.1, 0.15) is 43.6 Å². The van der Waals surface area contributed by atoms with Crippen molar-refractivity contribution in [3.8, 4) is 0 Å². The van der Waals surface area contributed by atoms with Gasteiger partial charge in [0.15, 0.2) is 6.04 Å². The van der Waals surface area contributed by atoms with Crippen molar-refractivity contribution in [3.05, 3.63) is 11.8 Å². The van der Waals surface area contributed by atoms with Gasteiger partial charge in [0.2, 0.25) is 17.7 Å². The second-order valence-corrected chi connectivity index (χ2v) is 5.49. The summed E-state index contributed by atoms with van der Waals surface area (Å²) < 4.78 is 5.31. The maximum atomic E-state index is 11.9. The van der Waals surface area contributed by atoms with Crippen LogP contribution >= 0.6 is 0 Å². The molecular weight excluding hydrogens is 352 g/mol. The average Bonchev–Trinajstić information content (AvgIpc) is 3.04. The van der Waals surface area contributed by atoms with Gasteiger partial charge in [0.25, 0.3) is 0 Å². The maximum Gasteiger partial charge on any atom is 0.328 e. The Balaban J connectivity index is 2.89. The highest BCUT2D eigenvalue weighted by Crippen LogP contribution is 2.20. The van der Waals surface area contributed by atoms with E-state index in [1.54, 1.807) is 0 Å². The fraction of sp³-hybridized carbons (Fsp3) is 0.615. The van der Waals surface area contributed by atoms with Crippen molar-refractivity contribution < 1.29 is 34.1 Å². The van der Waals surface area contributed by atoms with E-state index in [1.807, 2.05) is 5.32 Å². The summed E-state index contributed by atoms with van der Waals surface area (Å²) >= 11 is 0. The number of urea groups is 1. The summed E-state index contributed by atoms with van der Waals surface area (Å²) in [6.45, 7) is 0.606. The second kappa shape index (κ2) is 9.65. The predicted octanol–water partition coefficient (Wildman–Crippen LogP) is -2.50. The molecule has 0 bridgehead atoms. The lowest BCUT2D eigenvalue weighted by molar-refractivity contribution is -0.140. The molecule has 0 aliphatic heterocycles. The number of amides is 3. The monoisotopic (exact) mass is 374 g/mol. The average molecular weight is 374 g/mol. The fourth-order valence-electron chi connectivity index (χ4n) is 1.82. The van der Waals surface area contributed by atoms with E-state index in [9.17, 15) is 19.5 Å². The quantitative estimate of drug-likeness (QED) is 0.228. The van der Waals surface area contributed by atoms with Gasteiger partial charge in [0, 0.05) is 6.42 Å². The molecule has 13 heteroatoms. The largest absolute Gasteiger partial charge is 0.480 e. The molecule has 1 aromatic rings. The van der Waals surface area contributed by atoms with Crippen LogP contribution in [0.3, 0.4) is 0 Å². The lowest BCUT2D eigenvalue weighted by Gasteiger charge is -2.17. The Bertz CT molecular complexity index is 634. The predicted molar refractivity (Wildman–Crippen MR) is 84.3 cm³/mol. The van der Waals surface area contributed by atoms with E-state index in [2.05, 4.69) is 15.5 Å². The van der Waals surface area contributed by atoms with Crippen molar-refractivity contribution >= 4 is 17.9 Å². The molecule has 4 unspecified atom stereocenters. The zero-order valence-corrected chi connectivity index (χ0v) is 14.0. The zero-order valence-electron chi connectivity index (χ0n) is 14.0. The van der Waals surface area contributed by atoms with E-state index in [-0.39, 0.29) is 24.6 Å². The first kappa shape index (κ1) is 21.3. The number of aliphatic carboxylic acids is 1. The number of carbonyl (C=O) groups is 3. The summed E-state index contributed by atoms with van der Waals surface area (Å²) in [7, 11) is 0. The summed E-state index contributed by atoms with van der Waals surface area (Å²) in [6.07, 6.45) is -1.11. The van der Waals surface area contributed by atoms with E-state index >= 15 is 0 Å². The number of carboxylic acid groups (broad SMARTS) is 1. The first-order chi connectivity index (χ1) is 12.1. The Hall–Kier alpha value is -2.77. The van der Waals surface area contributed by atoms with Crippen LogP contribution in [0.25, 0.3) is 0 Å². The van der Waals surface area contributed by atoms with Crippen molar-refractivity contribution in [3.63, 3.8) is 0 Å². The summed E-state index contributed by atoms with van der Waals surface area (Å²) in [5.41, 5.74) is 10.8. The highest BCUT2D eigenvalue weighted by molar-refractivity contribution is 5.82. The van der Waals surface area contributed by atoms with Gasteiger partial charge in [0.1, 0.15) is 12.1 Å². The van der Waals surface area contributed by atoms with Crippen LogP contribution in [-0.4, -0.2) is 62.2 Å². The Morgan fingerprint density at radius 2 is 1.85 bits per heavy atom. The molecule has 0 fully saturated rings. The first-order valence-corrected chi connectivity index (χ1v) is 7.61. The number of carboxylic acids is 1. The van der Waals surface area contributed by atoms with E-state index in [1.165, 1.54) is 6.92 Å². The summed E-state index contributed by atoms with van der Waals surface area (Å²) in [4.78, 5) is 33.8. The van der Waals surface area contributed by atoms with Gasteiger partial charge in [-0.2, -0.15) is 0 Å². The number of hydrogen-bond acceptors (Lipinski definition) is 9. The SMILES string of the molecule is CC(O)C(N)c1nnc(C(CCC(N)=O)NC(=O)NC(CO)C(=O)O)o1. The van der Waals surface area contributed by atoms with Crippen molar-refractivity contribution in [2.45, 2.75) is 44.0 Å². The molecule has 146 valence electrons. The number of aromatic nitrogens is 2. The number of carbonyl (C=O) groups excluding carboxylic acids is 2. The third-order valence-corrected chi connectivity index (χ3v) is 3.33. The molecule has 4 atom stereocenters. The minimum atomic E-state index is -1.52. The summed E-state index contributed by atoms with van der Waals surface area (Å²) in [5, 5.41) is 39.0. The van der Waals surface area contributed by atoms with Crippen LogP contribution in [0.2, 0.25) is 0 Å². The van der Waals surface area contributed by atoms with E-state index in [0.29, 0.717) is 0 Å². The fourth-order valence-corrected chi connectivity index (χ4v) is 1.82. The Morgan fingerprint density at radius 1 is 1.23 bits per heavy atom. The number of nitrogens with two attached hydrogens (primary N) is 2. The topological polar surface area (TPSA) is 227 Å². The Labute approximate surface area is 147 Å². The number of aliphatic hydroxyl groups excluding tert-OH is 2. The molecule has 1 aromatic heterocycles. The number of rotatable bonds is 10. The van der Waals surface area contributed by atoms with Gasteiger partial charge >= 0.3 is 12.0 Å². The van der Waals surface area contributed by atoms with Crippen molar-refractivity contribution in [1.29, 1.82) is 0 Å². The highest BCUT2D eigenvalue weighted by Gasteiger charge is 2.26. The molecule has 0 saturated carbocycles. The molecule has 1 heterocycles. The smallest absolute Gasteiger partial charge is 0.328 e. The Kier molecular flexibility index (Phi) is 7.89. The summed E-state index contributed by atoms with van der Waals surface area (Å²) in [6, 6.07) is -4.39. The number of nitrogens with zero attached hydrogens (tertiary/aromatic N) is 2. The standard InChI is InChI=1S/C13H22N6O7/c1-5(21)9(15)11-19-18-10(26-11)6(2-3-8(14)22)16-13(25)17-7(4-20)12(23)24/h5-7,9,20-21H,2-4,15H2,1H3,(H2,14,22)(H,23,24)(H2,16,17,25). The van der Waals surface area contributed by atoms with Crippen molar-refractivity contribution in [2.24, 2.45) is 11.5 Å². The number of aliphatic hydroxyl groups is 2. The number of nitrogens with one attached hydrogen (secondary N) is 2. The van der Waals surface area contributed by atoms with Gasteiger partial charge in [-0.15, -0.1) is 10.2 Å². The minimum absolute atomic E-state index is 0.00876. The van der Waals surface area contributed by atoms with E-state index in [4.69, 9.17) is 26.1 Å². The molecule has 1 rings (SSSR count). The summed E-state index contributed by atoms with van der Waals surface area (Å²) in [5.74, 6) is -2.26. The highest BCUT2D eigenvalue weighted by atomic mass is 16.4. The van der Waals surface area contributed by atoms with Crippen LogP contribution in [0, 0.1) is 0 Å². The van der Waals surface area contributed by atoms with Crippen molar-refractivity contribution in [2.75, 3.05) is 6.61 Å². The Morgan fingerprint density at radius 3 is 2.35 bits per heavy atom. The molecular formula is C13H22N6O7. The molecule has 0 aromatic carbocycles. The first-order valence-electron chi connectivity index (χ1n) is 7.61. The van der Waals surface area contributed by atoms with Gasteiger partial charge < -0.3 is 41.8 Å². The molecule has 0 spiro atoms. The lowest BCUT2D eigenvalue weighted by Crippen LogP contribution is -2.48. The van der Waals surface area contributed by atoms with Gasteiger partial charge in [-0.05, 0) is 13.3 Å². The molecule has 0 radical (unpaired) electrons. The molecule has 13 nitrogen and oxygen atoms in total. The van der Waals surface area contributed by atoms with E-state index in [0.717, 1.165) is 0 Å². The molecule has 9 N–H and O–H groups in total. The normalized spacial score (nSPS) is 15.5. The van der Waals surface area contributed by atoms with Crippen LogP contribution in [0.15, 0.2) is 4.42 Å². The maximum absolute atomic E-state index is 11.9. The number of primary amides is 1. The van der Waals surface area contributed by atoms with Gasteiger partial charge in [0.05, 0.1) is 12.7 Å². The van der Waals surface area contributed by atoms with Crippen molar-refractivity contribution in [1.82, 2.24) is 20.8 Å². The van der Waals surface area contributed by atoms with Gasteiger partial charge in [-0.3, -0.25) is 4.79 Å². The van der Waals surface area contributed by atoms with Crippen LogP contribution in [-0.2, 0) is 9.59 Å². The second-order valence-electron chi connectivity index (χ2n) is 5.49. The van der Waals surface area contributed by atoms with Gasteiger partial charge in [-0.1, -0.05) is 0 Å². The molecule has 0 aliphatic rings. The third-order valence-electron chi connectivity index (χ3n) is 3.33. The molecule has 3 amide bonds. The van der Waals surface area contributed by atoms with Crippen LogP contribution in [0.4, 0.5) is 4.79 Å². The van der Waals surface area contributed by atoms with Gasteiger partial charge in [-0.25, -0.2) is 9.59 Å². The molecule has 26 heavy (non-hydrogen) atoms.